The van der Waals surface area contributed by atoms with Crippen LogP contribution in [0.25, 0.3) is 0 Å². The molecule has 1 aliphatic carbocycles. The molecule has 4 N–H and O–H groups in total. The predicted octanol–water partition coefficient (Wildman–Crippen LogP) is 0.293. The van der Waals surface area contributed by atoms with E-state index >= 15 is 0 Å². The summed E-state index contributed by atoms with van der Waals surface area (Å²) in [5.41, 5.74) is 2.31. The third-order valence-electron chi connectivity index (χ3n) is 3.55. The maximum atomic E-state index is 12.8. The molecule has 1 aromatic heterocycles. The van der Waals surface area contributed by atoms with Crippen LogP contribution in [0.1, 0.15) is 25.7 Å². The van der Waals surface area contributed by atoms with Gasteiger partial charge in [0.05, 0.1) is 6.61 Å². The van der Waals surface area contributed by atoms with Gasteiger partial charge in [0.15, 0.2) is 5.82 Å². The summed E-state index contributed by atoms with van der Waals surface area (Å²) >= 11 is 0. The Labute approximate surface area is 118 Å². The molecular weight excluding hydrogens is 280 g/mol. The van der Waals surface area contributed by atoms with Crippen LogP contribution in [-0.2, 0) is 10.0 Å². The van der Waals surface area contributed by atoms with Crippen molar-refractivity contribution in [1.82, 2.24) is 9.29 Å². The second-order valence-electron chi connectivity index (χ2n) is 4.77. The first-order valence-electron chi connectivity index (χ1n) is 6.65. The highest BCUT2D eigenvalue weighted by Gasteiger charge is 2.34. The Hall–Kier alpha value is -1.22. The van der Waals surface area contributed by atoms with Crippen LogP contribution in [0.3, 0.4) is 0 Å². The molecule has 0 atom stereocenters. The SMILES string of the molecule is NNc1ncccc1S(=O)(=O)N(CCO)C1CCCC1. The first kappa shape index (κ1) is 15.2. The Balaban J connectivity index is 2.39. The van der Waals surface area contributed by atoms with E-state index in [4.69, 9.17) is 5.84 Å². The molecule has 2 rings (SSSR count). The summed E-state index contributed by atoms with van der Waals surface area (Å²) in [4.78, 5) is 3.97. The molecule has 1 aliphatic rings. The molecule has 0 aromatic carbocycles. The highest BCUT2D eigenvalue weighted by molar-refractivity contribution is 7.89. The molecule has 0 bridgehead atoms. The second-order valence-corrected chi connectivity index (χ2v) is 6.63. The van der Waals surface area contributed by atoms with E-state index in [0.29, 0.717) is 0 Å². The molecular formula is C12H20N4O3S. The largest absolute Gasteiger partial charge is 0.395 e. The summed E-state index contributed by atoms with van der Waals surface area (Å²) in [6.07, 6.45) is 5.14. The zero-order valence-corrected chi connectivity index (χ0v) is 12.0. The molecule has 112 valence electrons. The molecule has 1 heterocycles. The van der Waals surface area contributed by atoms with Crippen molar-refractivity contribution in [2.75, 3.05) is 18.6 Å². The lowest BCUT2D eigenvalue weighted by Gasteiger charge is -2.27. The molecule has 0 aliphatic heterocycles. The average Bonchev–Trinajstić information content (AvgIpc) is 2.98. The van der Waals surface area contributed by atoms with Crippen LogP contribution in [0.4, 0.5) is 5.82 Å². The highest BCUT2D eigenvalue weighted by Crippen LogP contribution is 2.30. The fourth-order valence-corrected chi connectivity index (χ4v) is 4.41. The van der Waals surface area contributed by atoms with Crippen LogP contribution < -0.4 is 11.3 Å². The molecule has 0 radical (unpaired) electrons. The number of nitrogens with zero attached hydrogens (tertiary/aromatic N) is 2. The zero-order chi connectivity index (χ0) is 14.6. The Bertz CT molecular complexity index is 543. The number of aromatic nitrogens is 1. The Morgan fingerprint density at radius 1 is 1.45 bits per heavy atom. The number of hydrogen-bond acceptors (Lipinski definition) is 6. The molecule has 1 saturated carbocycles. The van der Waals surface area contributed by atoms with Gasteiger partial charge in [-0.1, -0.05) is 12.8 Å². The minimum absolute atomic E-state index is 0.0443. The second kappa shape index (κ2) is 6.49. The van der Waals surface area contributed by atoms with Crippen LogP contribution in [0.15, 0.2) is 23.2 Å². The van der Waals surface area contributed by atoms with Gasteiger partial charge in [0.2, 0.25) is 10.0 Å². The van der Waals surface area contributed by atoms with Gasteiger partial charge in [0.25, 0.3) is 0 Å². The Kier molecular flexibility index (Phi) is 4.92. The van der Waals surface area contributed by atoms with Crippen molar-refractivity contribution < 1.29 is 13.5 Å². The summed E-state index contributed by atoms with van der Waals surface area (Å²) in [7, 11) is -3.72. The summed E-state index contributed by atoms with van der Waals surface area (Å²) in [5.74, 6) is 5.45. The van der Waals surface area contributed by atoms with Crippen molar-refractivity contribution in [3.63, 3.8) is 0 Å². The maximum Gasteiger partial charge on any atom is 0.247 e. The fourth-order valence-electron chi connectivity index (χ4n) is 2.62. The number of pyridine rings is 1. The van der Waals surface area contributed by atoms with Gasteiger partial charge in [0, 0.05) is 18.8 Å². The molecule has 0 saturated heterocycles. The van der Waals surface area contributed by atoms with Gasteiger partial charge >= 0.3 is 0 Å². The number of nitrogens with one attached hydrogen (secondary N) is 1. The molecule has 8 heteroatoms. The van der Waals surface area contributed by atoms with E-state index in [1.165, 1.54) is 16.6 Å². The quantitative estimate of drug-likeness (QED) is 0.515. The van der Waals surface area contributed by atoms with Gasteiger partial charge in [-0.15, -0.1) is 0 Å². The van der Waals surface area contributed by atoms with Crippen LogP contribution in [0.2, 0.25) is 0 Å². The smallest absolute Gasteiger partial charge is 0.247 e. The number of aliphatic hydroxyl groups is 1. The van der Waals surface area contributed by atoms with Gasteiger partial charge in [0.1, 0.15) is 4.90 Å². The number of hydrogen-bond donors (Lipinski definition) is 3. The number of anilines is 1. The lowest BCUT2D eigenvalue weighted by atomic mass is 10.2. The number of hydrazine groups is 1. The van der Waals surface area contributed by atoms with Gasteiger partial charge in [-0.2, -0.15) is 4.31 Å². The predicted molar refractivity (Wildman–Crippen MR) is 75.3 cm³/mol. The average molecular weight is 300 g/mol. The standard InChI is InChI=1S/C12H20N4O3S/c13-15-12-11(6-3-7-14-12)20(18,19)16(8-9-17)10-4-1-2-5-10/h3,6-7,10,17H,1-2,4-5,8-9,13H2,(H,14,15). The topological polar surface area (TPSA) is 109 Å². The van der Waals surface area contributed by atoms with Gasteiger partial charge in [-0.05, 0) is 25.0 Å². The van der Waals surface area contributed by atoms with E-state index in [1.807, 2.05) is 0 Å². The van der Waals surface area contributed by atoms with E-state index in [2.05, 4.69) is 10.4 Å². The van der Waals surface area contributed by atoms with E-state index in [-0.39, 0.29) is 29.9 Å². The number of nitrogens with two attached hydrogens (primary N) is 1. The molecule has 7 nitrogen and oxygen atoms in total. The third-order valence-corrected chi connectivity index (χ3v) is 5.53. The third kappa shape index (κ3) is 2.93. The Morgan fingerprint density at radius 3 is 2.75 bits per heavy atom. The first-order chi connectivity index (χ1) is 9.61. The first-order valence-corrected chi connectivity index (χ1v) is 8.09. The molecule has 20 heavy (non-hydrogen) atoms. The van der Waals surface area contributed by atoms with Crippen LogP contribution >= 0.6 is 0 Å². The molecule has 0 unspecified atom stereocenters. The van der Waals surface area contributed by atoms with Crippen LogP contribution in [0.5, 0.6) is 0 Å². The lowest BCUT2D eigenvalue weighted by Crippen LogP contribution is -2.41. The maximum absolute atomic E-state index is 12.8. The van der Waals surface area contributed by atoms with Crippen molar-refractivity contribution in [1.29, 1.82) is 0 Å². The van der Waals surface area contributed by atoms with Gasteiger partial charge in [-0.25, -0.2) is 19.2 Å². The normalized spacial score (nSPS) is 16.8. The lowest BCUT2D eigenvalue weighted by molar-refractivity contribution is 0.226. The van der Waals surface area contributed by atoms with E-state index in [0.717, 1.165) is 25.7 Å². The molecule has 0 spiro atoms. The summed E-state index contributed by atoms with van der Waals surface area (Å²) in [6.45, 7) is -0.118. The summed E-state index contributed by atoms with van der Waals surface area (Å²) in [6, 6.07) is 2.97. The van der Waals surface area contributed by atoms with Crippen molar-refractivity contribution in [2.45, 2.75) is 36.6 Å². The molecule has 1 fully saturated rings. The number of sulfonamides is 1. The highest BCUT2D eigenvalue weighted by atomic mass is 32.2. The van der Waals surface area contributed by atoms with E-state index in [9.17, 15) is 13.5 Å². The van der Waals surface area contributed by atoms with E-state index < -0.39 is 10.0 Å². The van der Waals surface area contributed by atoms with Crippen LogP contribution in [-0.4, -0.2) is 42.0 Å². The number of nitrogen functional groups attached to an aromatic ring is 1. The fraction of sp³-hybridized carbons (Fsp3) is 0.583. The summed E-state index contributed by atoms with van der Waals surface area (Å²) in [5, 5.41) is 9.17. The van der Waals surface area contributed by atoms with E-state index in [1.54, 1.807) is 6.07 Å². The minimum Gasteiger partial charge on any atom is -0.395 e. The van der Waals surface area contributed by atoms with Crippen molar-refractivity contribution in [2.24, 2.45) is 5.84 Å². The number of rotatable bonds is 6. The van der Waals surface area contributed by atoms with Gasteiger partial charge in [-0.3, -0.25) is 0 Å². The molecule has 1 aromatic rings. The van der Waals surface area contributed by atoms with Crippen molar-refractivity contribution in [3.05, 3.63) is 18.3 Å². The van der Waals surface area contributed by atoms with Crippen molar-refractivity contribution in [3.8, 4) is 0 Å². The zero-order valence-electron chi connectivity index (χ0n) is 11.2. The molecule has 0 amide bonds. The number of aliphatic hydroxyl groups excluding tert-OH is 1. The van der Waals surface area contributed by atoms with Crippen molar-refractivity contribution >= 4 is 15.8 Å². The monoisotopic (exact) mass is 300 g/mol. The Morgan fingerprint density at radius 2 is 2.15 bits per heavy atom. The summed E-state index contributed by atoms with van der Waals surface area (Å²) < 4.78 is 26.9. The van der Waals surface area contributed by atoms with Gasteiger partial charge < -0.3 is 10.5 Å². The van der Waals surface area contributed by atoms with Crippen LogP contribution in [0, 0.1) is 0 Å². The minimum atomic E-state index is -3.72.